The van der Waals surface area contributed by atoms with Crippen LogP contribution < -0.4 is 20.1 Å². The molecule has 0 spiro atoms. The molecule has 0 fully saturated rings. The second kappa shape index (κ2) is 6.68. The number of carbonyl (C=O) groups excluding carboxylic acids is 1. The molecule has 0 aliphatic carbocycles. The number of hydrogen-bond donors (Lipinski definition) is 1. The smallest absolute Gasteiger partial charge is 0.253 e. The summed E-state index contributed by atoms with van der Waals surface area (Å²) in [6, 6.07) is 8.55. The number of nitrogens with two attached hydrogens (primary N) is 1. The van der Waals surface area contributed by atoms with E-state index >= 15 is 0 Å². The zero-order valence-electron chi connectivity index (χ0n) is 13.0. The number of rotatable bonds is 5. The van der Waals surface area contributed by atoms with Gasteiger partial charge in [0, 0.05) is 17.6 Å². The zero-order valence-corrected chi connectivity index (χ0v) is 14.6. The summed E-state index contributed by atoms with van der Waals surface area (Å²) in [5.74, 6) is -0.0534. The Balaban J connectivity index is 1.96. The number of ether oxygens (including phenoxy) is 2. The maximum Gasteiger partial charge on any atom is 0.253 e. The Labute approximate surface area is 147 Å². The van der Waals surface area contributed by atoms with Crippen molar-refractivity contribution in [2.24, 2.45) is 5.73 Å². The van der Waals surface area contributed by atoms with Gasteiger partial charge in [0.2, 0.25) is 6.79 Å². The highest BCUT2D eigenvalue weighted by Gasteiger charge is 2.21. The van der Waals surface area contributed by atoms with Gasteiger partial charge in [-0.15, -0.1) is 0 Å². The van der Waals surface area contributed by atoms with Crippen LogP contribution in [0, 0.1) is 5.82 Å². The lowest BCUT2D eigenvalue weighted by Crippen LogP contribution is -2.26. The third-order valence-electron chi connectivity index (χ3n) is 3.81. The second-order valence-corrected chi connectivity index (χ2v) is 6.26. The van der Waals surface area contributed by atoms with Crippen molar-refractivity contribution in [2.45, 2.75) is 13.5 Å². The van der Waals surface area contributed by atoms with E-state index in [0.29, 0.717) is 34.7 Å². The van der Waals surface area contributed by atoms with Crippen LogP contribution in [0.25, 0.3) is 0 Å². The lowest BCUT2D eigenvalue weighted by molar-refractivity contribution is 0.0997. The van der Waals surface area contributed by atoms with Gasteiger partial charge < -0.3 is 20.1 Å². The highest BCUT2D eigenvalue weighted by Crippen LogP contribution is 2.34. The molecular formula is C17H16BrFN2O3. The molecule has 0 aromatic heterocycles. The summed E-state index contributed by atoms with van der Waals surface area (Å²) in [6.45, 7) is 3.18. The Bertz CT molecular complexity index is 798. The molecule has 0 atom stereocenters. The van der Waals surface area contributed by atoms with Crippen molar-refractivity contribution in [1.29, 1.82) is 0 Å². The van der Waals surface area contributed by atoms with Crippen LogP contribution in [0.15, 0.2) is 34.8 Å². The molecule has 7 heteroatoms. The van der Waals surface area contributed by atoms with E-state index in [1.54, 1.807) is 6.07 Å². The van der Waals surface area contributed by atoms with Gasteiger partial charge in [-0.3, -0.25) is 4.79 Å². The molecule has 24 heavy (non-hydrogen) atoms. The number of fused-ring (bicyclic) bond motifs is 1. The molecule has 1 aliphatic heterocycles. The molecule has 1 heterocycles. The molecule has 5 nitrogen and oxygen atoms in total. The van der Waals surface area contributed by atoms with Crippen molar-refractivity contribution < 1.29 is 18.7 Å². The summed E-state index contributed by atoms with van der Waals surface area (Å²) in [5, 5.41) is 0. The predicted octanol–water partition coefficient (Wildman–Crippen LogP) is 3.44. The van der Waals surface area contributed by atoms with Crippen LogP contribution in [0.1, 0.15) is 22.8 Å². The van der Waals surface area contributed by atoms with E-state index in [4.69, 9.17) is 15.2 Å². The van der Waals surface area contributed by atoms with Gasteiger partial charge in [0.15, 0.2) is 11.5 Å². The minimum absolute atomic E-state index is 0.110. The van der Waals surface area contributed by atoms with Crippen LogP contribution in [0.5, 0.6) is 11.5 Å². The van der Waals surface area contributed by atoms with E-state index in [0.717, 1.165) is 5.56 Å². The monoisotopic (exact) mass is 394 g/mol. The SMILES string of the molecule is CCN(Cc1ccc2c(c1)OCO2)c1cc(Br)cc(F)c1C(N)=O. The maximum absolute atomic E-state index is 14.2. The van der Waals surface area contributed by atoms with Gasteiger partial charge in [0.1, 0.15) is 5.82 Å². The second-order valence-electron chi connectivity index (χ2n) is 5.35. The molecule has 1 aliphatic rings. The molecule has 0 radical (unpaired) electrons. The van der Waals surface area contributed by atoms with Crippen LogP contribution in [0.2, 0.25) is 0 Å². The molecule has 0 saturated heterocycles. The molecule has 126 valence electrons. The van der Waals surface area contributed by atoms with Crippen molar-refractivity contribution in [1.82, 2.24) is 0 Å². The molecule has 2 N–H and O–H groups in total. The molecule has 0 saturated carbocycles. The van der Waals surface area contributed by atoms with Crippen LogP contribution in [0.3, 0.4) is 0 Å². The normalized spacial score (nSPS) is 12.3. The van der Waals surface area contributed by atoms with Gasteiger partial charge in [0.25, 0.3) is 5.91 Å². The van der Waals surface area contributed by atoms with E-state index in [1.165, 1.54) is 6.07 Å². The molecule has 0 bridgehead atoms. The zero-order chi connectivity index (χ0) is 17.3. The van der Waals surface area contributed by atoms with Crippen molar-refractivity contribution >= 4 is 27.5 Å². The van der Waals surface area contributed by atoms with E-state index < -0.39 is 11.7 Å². The standard InChI is InChI=1S/C17H16BrFN2O3/c1-2-21(8-10-3-4-14-15(5-10)24-9-23-14)13-7-11(18)6-12(19)16(13)17(20)22/h3-7H,2,8-9H2,1H3,(H2,20,22). The maximum atomic E-state index is 14.2. The van der Waals surface area contributed by atoms with Crippen LogP contribution in [-0.4, -0.2) is 19.2 Å². The van der Waals surface area contributed by atoms with E-state index in [1.807, 2.05) is 30.0 Å². The molecule has 2 aromatic carbocycles. The van der Waals surface area contributed by atoms with E-state index in [-0.39, 0.29) is 12.4 Å². The summed E-state index contributed by atoms with van der Waals surface area (Å²) < 4.78 is 25.4. The number of nitrogens with zero attached hydrogens (tertiary/aromatic N) is 1. The summed E-state index contributed by atoms with van der Waals surface area (Å²) in [6.07, 6.45) is 0. The van der Waals surface area contributed by atoms with Gasteiger partial charge in [0.05, 0.1) is 11.3 Å². The first-order valence-electron chi connectivity index (χ1n) is 7.42. The number of primary amides is 1. The van der Waals surface area contributed by atoms with Gasteiger partial charge in [-0.1, -0.05) is 22.0 Å². The Morgan fingerprint density at radius 2 is 2.04 bits per heavy atom. The lowest BCUT2D eigenvalue weighted by atomic mass is 10.1. The fraction of sp³-hybridized carbons (Fsp3) is 0.235. The van der Waals surface area contributed by atoms with Crippen LogP contribution >= 0.6 is 15.9 Å². The average molecular weight is 395 g/mol. The van der Waals surface area contributed by atoms with E-state index in [2.05, 4.69) is 15.9 Å². The van der Waals surface area contributed by atoms with Crippen LogP contribution in [0.4, 0.5) is 10.1 Å². The highest BCUT2D eigenvalue weighted by atomic mass is 79.9. The molecule has 3 rings (SSSR count). The number of carbonyl (C=O) groups is 1. The first-order valence-corrected chi connectivity index (χ1v) is 8.21. The largest absolute Gasteiger partial charge is 0.454 e. The minimum Gasteiger partial charge on any atom is -0.454 e. The molecule has 1 amide bonds. The molecule has 2 aromatic rings. The van der Waals surface area contributed by atoms with Crippen molar-refractivity contribution in [3.8, 4) is 11.5 Å². The number of hydrogen-bond acceptors (Lipinski definition) is 4. The van der Waals surface area contributed by atoms with Crippen molar-refractivity contribution in [3.63, 3.8) is 0 Å². The highest BCUT2D eigenvalue weighted by molar-refractivity contribution is 9.10. The Morgan fingerprint density at radius 3 is 2.75 bits per heavy atom. The average Bonchev–Trinajstić information content (AvgIpc) is 2.98. The Hall–Kier alpha value is -2.28. The van der Waals surface area contributed by atoms with Gasteiger partial charge in [-0.2, -0.15) is 0 Å². The van der Waals surface area contributed by atoms with Crippen molar-refractivity contribution in [2.75, 3.05) is 18.2 Å². The van der Waals surface area contributed by atoms with E-state index in [9.17, 15) is 9.18 Å². The quantitative estimate of drug-likeness (QED) is 0.843. The topological polar surface area (TPSA) is 64.8 Å². The lowest BCUT2D eigenvalue weighted by Gasteiger charge is -2.25. The summed E-state index contributed by atoms with van der Waals surface area (Å²) >= 11 is 3.26. The van der Waals surface area contributed by atoms with Crippen LogP contribution in [-0.2, 0) is 6.54 Å². The fourth-order valence-electron chi connectivity index (χ4n) is 2.68. The third-order valence-corrected chi connectivity index (χ3v) is 4.27. The van der Waals surface area contributed by atoms with Gasteiger partial charge in [-0.05, 0) is 36.8 Å². The van der Waals surface area contributed by atoms with Gasteiger partial charge >= 0.3 is 0 Å². The number of amides is 1. The number of benzene rings is 2. The first kappa shape index (κ1) is 16.6. The number of anilines is 1. The third kappa shape index (κ3) is 3.17. The predicted molar refractivity (Wildman–Crippen MR) is 91.9 cm³/mol. The summed E-state index contributed by atoms with van der Waals surface area (Å²) in [5.41, 5.74) is 6.67. The minimum atomic E-state index is -0.792. The summed E-state index contributed by atoms with van der Waals surface area (Å²) in [4.78, 5) is 13.6. The number of halogens is 2. The van der Waals surface area contributed by atoms with Gasteiger partial charge in [-0.25, -0.2) is 4.39 Å². The van der Waals surface area contributed by atoms with Crippen molar-refractivity contribution in [3.05, 3.63) is 51.7 Å². The first-order chi connectivity index (χ1) is 11.5. The Morgan fingerprint density at radius 1 is 1.29 bits per heavy atom. The summed E-state index contributed by atoms with van der Waals surface area (Å²) in [7, 11) is 0. The molecular weight excluding hydrogens is 379 g/mol. The fourth-order valence-corrected chi connectivity index (χ4v) is 3.10. The Kier molecular flexibility index (Phi) is 4.62. The molecule has 0 unspecified atom stereocenters.